The fourth-order valence-corrected chi connectivity index (χ4v) is 1.77. The van der Waals surface area contributed by atoms with E-state index in [2.05, 4.69) is 4.18 Å². The normalized spacial score (nSPS) is 18.9. The number of hydrogen-bond acceptors (Lipinski definition) is 4. The summed E-state index contributed by atoms with van der Waals surface area (Å²) in [5, 5.41) is 0. The van der Waals surface area contributed by atoms with Crippen LogP contribution in [-0.4, -0.2) is 34.5 Å². The van der Waals surface area contributed by atoms with Crippen LogP contribution in [-0.2, 0) is 19.0 Å². The molecule has 0 spiro atoms. The summed E-state index contributed by atoms with van der Waals surface area (Å²) in [6, 6.07) is 0. The summed E-state index contributed by atoms with van der Waals surface area (Å²) in [6.45, 7) is 1.08. The van der Waals surface area contributed by atoms with Crippen molar-refractivity contribution in [2.24, 2.45) is 0 Å². The molecule has 0 atom stereocenters. The third-order valence-electron chi connectivity index (χ3n) is 1.60. The van der Waals surface area contributed by atoms with Crippen LogP contribution >= 0.6 is 0 Å². The van der Waals surface area contributed by atoms with Crippen LogP contribution < -0.4 is 0 Å². The van der Waals surface area contributed by atoms with Gasteiger partial charge in [0.1, 0.15) is 0 Å². The Kier molecular flexibility index (Phi) is 3.25. The summed E-state index contributed by atoms with van der Waals surface area (Å²) in [6.07, 6.45) is 2.68. The zero-order valence-corrected chi connectivity index (χ0v) is 7.76. The molecule has 0 radical (unpaired) electrons. The third-order valence-corrected chi connectivity index (χ3v) is 2.83. The molecule has 12 heavy (non-hydrogen) atoms. The van der Waals surface area contributed by atoms with Gasteiger partial charge in [0.2, 0.25) is 0 Å². The number of ether oxygens (including phenoxy) is 1. The van der Waals surface area contributed by atoms with E-state index in [1.165, 1.54) is 7.11 Å². The van der Waals surface area contributed by atoms with Crippen molar-refractivity contribution >= 4 is 10.1 Å². The van der Waals surface area contributed by atoms with Crippen LogP contribution in [0, 0.1) is 0 Å². The maximum absolute atomic E-state index is 10.9. The van der Waals surface area contributed by atoms with Gasteiger partial charge in [-0.05, 0) is 12.0 Å². The molecule has 1 rings (SSSR count). The van der Waals surface area contributed by atoms with Crippen molar-refractivity contribution in [3.8, 4) is 0 Å². The van der Waals surface area contributed by atoms with E-state index in [9.17, 15) is 8.42 Å². The largest absolute Gasteiger partial charge is 0.377 e. The van der Waals surface area contributed by atoms with E-state index < -0.39 is 10.1 Å². The van der Waals surface area contributed by atoms with Gasteiger partial charge in [0, 0.05) is 0 Å². The van der Waals surface area contributed by atoms with E-state index in [0.717, 1.165) is 12.0 Å². The highest BCUT2D eigenvalue weighted by molar-refractivity contribution is 7.86. The Bertz CT molecular complexity index is 265. The smallest absolute Gasteiger partial charge is 0.271 e. The van der Waals surface area contributed by atoms with E-state index in [1.54, 1.807) is 0 Å². The van der Waals surface area contributed by atoms with Gasteiger partial charge in [-0.3, -0.25) is 4.18 Å². The lowest BCUT2D eigenvalue weighted by molar-refractivity contribution is 0.150. The monoisotopic (exact) mass is 192 g/mol. The zero-order valence-electron chi connectivity index (χ0n) is 6.95. The van der Waals surface area contributed by atoms with Crippen LogP contribution in [0.5, 0.6) is 0 Å². The molecule has 5 heteroatoms. The molecule has 0 aromatic rings. The molecule has 0 aliphatic carbocycles. The summed E-state index contributed by atoms with van der Waals surface area (Å²) >= 11 is 0. The van der Waals surface area contributed by atoms with Gasteiger partial charge in [-0.25, -0.2) is 0 Å². The zero-order chi connectivity index (χ0) is 9.03. The van der Waals surface area contributed by atoms with Crippen molar-refractivity contribution in [1.82, 2.24) is 0 Å². The quantitative estimate of drug-likeness (QED) is 0.477. The van der Waals surface area contributed by atoms with Gasteiger partial charge in [-0.2, -0.15) is 8.42 Å². The Morgan fingerprint density at radius 3 is 2.92 bits per heavy atom. The highest BCUT2D eigenvalue weighted by Gasteiger charge is 2.13. The van der Waals surface area contributed by atoms with Gasteiger partial charge >= 0.3 is 0 Å². The van der Waals surface area contributed by atoms with Crippen molar-refractivity contribution in [3.05, 3.63) is 11.6 Å². The van der Waals surface area contributed by atoms with Crippen LogP contribution in [0.15, 0.2) is 11.6 Å². The molecule has 4 nitrogen and oxygen atoms in total. The predicted molar refractivity (Wildman–Crippen MR) is 44.3 cm³/mol. The molecule has 0 saturated carbocycles. The molecule has 1 aliphatic rings. The second-order valence-electron chi connectivity index (χ2n) is 2.57. The third kappa shape index (κ3) is 2.92. The standard InChI is InChI=1S/C7H12O4S/c1-10-12(8,9)6-7-3-2-4-11-5-7/h3H,2,4-6H2,1H3. The average Bonchev–Trinajstić information content (AvgIpc) is 2.06. The maximum Gasteiger partial charge on any atom is 0.271 e. The first kappa shape index (κ1) is 9.70. The van der Waals surface area contributed by atoms with Crippen molar-refractivity contribution < 1.29 is 17.3 Å². The Balaban J connectivity index is 2.56. The van der Waals surface area contributed by atoms with E-state index in [-0.39, 0.29) is 5.75 Å². The van der Waals surface area contributed by atoms with E-state index >= 15 is 0 Å². The van der Waals surface area contributed by atoms with Gasteiger partial charge in [0.05, 0.1) is 26.1 Å². The molecule has 0 aromatic heterocycles. The molecular formula is C7H12O4S. The van der Waals surface area contributed by atoms with Crippen LogP contribution in [0.1, 0.15) is 6.42 Å². The lowest BCUT2D eigenvalue weighted by Crippen LogP contribution is -2.16. The minimum atomic E-state index is -3.37. The minimum absolute atomic E-state index is 0.0521. The molecule has 1 aliphatic heterocycles. The van der Waals surface area contributed by atoms with Crippen molar-refractivity contribution in [1.29, 1.82) is 0 Å². The van der Waals surface area contributed by atoms with E-state index in [1.807, 2.05) is 6.08 Å². The van der Waals surface area contributed by atoms with Gasteiger partial charge in [0.25, 0.3) is 10.1 Å². The Morgan fingerprint density at radius 2 is 2.42 bits per heavy atom. The molecule has 0 unspecified atom stereocenters. The SMILES string of the molecule is COS(=O)(=O)CC1=CCCOC1. The topological polar surface area (TPSA) is 52.6 Å². The van der Waals surface area contributed by atoms with Crippen LogP contribution in [0.4, 0.5) is 0 Å². The molecule has 0 fully saturated rings. The van der Waals surface area contributed by atoms with Crippen molar-refractivity contribution in [3.63, 3.8) is 0 Å². The molecule has 70 valence electrons. The average molecular weight is 192 g/mol. The first-order valence-electron chi connectivity index (χ1n) is 3.68. The fourth-order valence-electron chi connectivity index (χ4n) is 0.995. The molecule has 0 saturated heterocycles. The molecule has 1 heterocycles. The minimum Gasteiger partial charge on any atom is -0.377 e. The predicted octanol–water partition coefficient (Wildman–Crippen LogP) is 0.309. The summed E-state index contributed by atoms with van der Waals surface area (Å²) in [4.78, 5) is 0. The molecular weight excluding hydrogens is 180 g/mol. The van der Waals surface area contributed by atoms with Gasteiger partial charge in [-0.1, -0.05) is 6.08 Å². The van der Waals surface area contributed by atoms with Gasteiger partial charge in [-0.15, -0.1) is 0 Å². The maximum atomic E-state index is 10.9. The number of hydrogen-bond donors (Lipinski definition) is 0. The highest BCUT2D eigenvalue weighted by Crippen LogP contribution is 2.08. The summed E-state index contributed by atoms with van der Waals surface area (Å²) in [5.41, 5.74) is 0.781. The van der Waals surface area contributed by atoms with Crippen molar-refractivity contribution in [2.45, 2.75) is 6.42 Å². The number of rotatable bonds is 3. The second kappa shape index (κ2) is 4.02. The molecule has 0 amide bonds. The summed E-state index contributed by atoms with van der Waals surface area (Å²) in [7, 11) is -2.20. The lowest BCUT2D eigenvalue weighted by atomic mass is 10.2. The second-order valence-corrected chi connectivity index (χ2v) is 4.31. The van der Waals surface area contributed by atoms with Crippen LogP contribution in [0.25, 0.3) is 0 Å². The summed E-state index contributed by atoms with van der Waals surface area (Å²) < 4.78 is 31.3. The Hall–Kier alpha value is -0.390. The van der Waals surface area contributed by atoms with E-state index in [0.29, 0.717) is 13.2 Å². The lowest BCUT2D eigenvalue weighted by Gasteiger charge is -2.12. The van der Waals surface area contributed by atoms with Crippen molar-refractivity contribution in [2.75, 3.05) is 26.1 Å². The Morgan fingerprint density at radius 1 is 1.67 bits per heavy atom. The van der Waals surface area contributed by atoms with Crippen LogP contribution in [0.2, 0.25) is 0 Å². The van der Waals surface area contributed by atoms with Gasteiger partial charge < -0.3 is 4.74 Å². The molecule has 0 bridgehead atoms. The molecule has 0 aromatic carbocycles. The highest BCUT2D eigenvalue weighted by atomic mass is 32.2. The first-order chi connectivity index (χ1) is 5.64. The Labute approximate surface area is 72.3 Å². The van der Waals surface area contributed by atoms with E-state index in [4.69, 9.17) is 4.74 Å². The fraction of sp³-hybridized carbons (Fsp3) is 0.714. The summed E-state index contributed by atoms with van der Waals surface area (Å²) in [5.74, 6) is -0.0521. The molecule has 0 N–H and O–H groups in total. The van der Waals surface area contributed by atoms with Crippen LogP contribution in [0.3, 0.4) is 0 Å². The first-order valence-corrected chi connectivity index (χ1v) is 5.26. The van der Waals surface area contributed by atoms with Gasteiger partial charge in [0.15, 0.2) is 0 Å².